The zero-order valence-corrected chi connectivity index (χ0v) is 18.4. The second-order valence-electron chi connectivity index (χ2n) is 6.64. The molecule has 3 rings (SSSR count). The first-order chi connectivity index (χ1) is 14.8. The number of amides is 1. The highest BCUT2D eigenvalue weighted by Gasteiger charge is 2.16. The van der Waals surface area contributed by atoms with Crippen LogP contribution >= 0.6 is 23.2 Å². The smallest absolute Gasteiger partial charge is 0.261 e. The quantitative estimate of drug-likeness (QED) is 0.501. The molecule has 0 radical (unpaired) electrons. The average molecular weight is 474 g/mol. The number of sulfonamides is 1. The summed E-state index contributed by atoms with van der Waals surface area (Å²) in [6.07, 6.45) is 0.440. The van der Waals surface area contributed by atoms with Crippen LogP contribution in [0.5, 0.6) is 0 Å². The maximum Gasteiger partial charge on any atom is 0.261 e. The molecule has 0 aliphatic carbocycles. The van der Waals surface area contributed by atoms with Gasteiger partial charge in [0.2, 0.25) is 5.91 Å². The van der Waals surface area contributed by atoms with E-state index >= 15 is 0 Å². The van der Waals surface area contributed by atoms with Crippen molar-refractivity contribution in [1.29, 1.82) is 5.26 Å². The van der Waals surface area contributed by atoms with Crippen molar-refractivity contribution in [3.8, 4) is 6.07 Å². The maximum absolute atomic E-state index is 12.5. The first-order valence-electron chi connectivity index (χ1n) is 9.09. The van der Waals surface area contributed by atoms with Gasteiger partial charge in [0.1, 0.15) is 0 Å². The zero-order chi connectivity index (χ0) is 22.4. The number of anilines is 2. The van der Waals surface area contributed by atoms with Gasteiger partial charge >= 0.3 is 0 Å². The van der Waals surface area contributed by atoms with Gasteiger partial charge in [0.05, 0.1) is 33.9 Å². The molecule has 0 heterocycles. The SMILES string of the molecule is N#CCc1ccc(NC(=O)Cc2ccc(NS(=O)(=O)c3ccc(Cl)c(Cl)c3)cc2)cc1. The fourth-order valence-electron chi connectivity index (χ4n) is 2.74. The van der Waals surface area contributed by atoms with Crippen LogP contribution in [0.25, 0.3) is 0 Å². The Hall–Kier alpha value is -3.05. The van der Waals surface area contributed by atoms with Crippen LogP contribution in [0.15, 0.2) is 71.6 Å². The van der Waals surface area contributed by atoms with Crippen LogP contribution in [0, 0.1) is 11.3 Å². The summed E-state index contributed by atoms with van der Waals surface area (Å²) in [6.45, 7) is 0. The van der Waals surface area contributed by atoms with Crippen molar-refractivity contribution >= 4 is 50.5 Å². The molecule has 31 heavy (non-hydrogen) atoms. The molecule has 0 aromatic heterocycles. The molecule has 6 nitrogen and oxygen atoms in total. The number of nitrogens with one attached hydrogen (secondary N) is 2. The summed E-state index contributed by atoms with van der Waals surface area (Å²) < 4.78 is 27.5. The third-order valence-corrected chi connectivity index (χ3v) is 6.41. The molecule has 3 aromatic carbocycles. The molecule has 9 heteroatoms. The minimum absolute atomic E-state index is 0.00820. The second kappa shape index (κ2) is 9.84. The van der Waals surface area contributed by atoms with Gasteiger partial charge in [-0.15, -0.1) is 0 Å². The summed E-state index contributed by atoms with van der Waals surface area (Å²) in [6, 6.07) is 19.7. The lowest BCUT2D eigenvalue weighted by atomic mass is 10.1. The third kappa shape index (κ3) is 6.22. The molecule has 158 valence electrons. The van der Waals surface area contributed by atoms with Gasteiger partial charge in [0.15, 0.2) is 0 Å². The highest BCUT2D eigenvalue weighted by atomic mass is 35.5. The molecule has 0 aliphatic heterocycles. The first-order valence-corrected chi connectivity index (χ1v) is 11.3. The lowest BCUT2D eigenvalue weighted by molar-refractivity contribution is -0.115. The van der Waals surface area contributed by atoms with Crippen molar-refractivity contribution < 1.29 is 13.2 Å². The van der Waals surface area contributed by atoms with Crippen molar-refractivity contribution in [2.24, 2.45) is 0 Å². The Morgan fingerprint density at radius 3 is 2.10 bits per heavy atom. The highest BCUT2D eigenvalue weighted by Crippen LogP contribution is 2.26. The van der Waals surface area contributed by atoms with Crippen molar-refractivity contribution in [3.63, 3.8) is 0 Å². The molecule has 0 unspecified atom stereocenters. The van der Waals surface area contributed by atoms with Gasteiger partial charge in [-0.2, -0.15) is 5.26 Å². The van der Waals surface area contributed by atoms with E-state index in [-0.39, 0.29) is 27.3 Å². The van der Waals surface area contributed by atoms with Crippen molar-refractivity contribution in [2.45, 2.75) is 17.7 Å². The van der Waals surface area contributed by atoms with E-state index in [0.717, 1.165) is 11.1 Å². The molecule has 3 aromatic rings. The number of nitrogens with zero attached hydrogens (tertiary/aromatic N) is 1. The Labute approximate surface area is 190 Å². The largest absolute Gasteiger partial charge is 0.326 e. The van der Waals surface area contributed by atoms with Crippen molar-refractivity contribution in [1.82, 2.24) is 0 Å². The molecule has 2 N–H and O–H groups in total. The maximum atomic E-state index is 12.5. The van der Waals surface area contributed by atoms with E-state index < -0.39 is 10.0 Å². The van der Waals surface area contributed by atoms with E-state index in [1.165, 1.54) is 18.2 Å². The Balaban J connectivity index is 1.61. The van der Waals surface area contributed by atoms with Crippen LogP contribution in [0.1, 0.15) is 11.1 Å². The highest BCUT2D eigenvalue weighted by molar-refractivity contribution is 7.92. The Morgan fingerprint density at radius 1 is 0.871 bits per heavy atom. The van der Waals surface area contributed by atoms with Crippen LogP contribution in [0.2, 0.25) is 10.0 Å². The Bertz CT molecular complexity index is 1240. The van der Waals surface area contributed by atoms with E-state index in [4.69, 9.17) is 28.5 Å². The van der Waals surface area contributed by atoms with Gasteiger partial charge in [-0.1, -0.05) is 47.5 Å². The average Bonchev–Trinajstić information content (AvgIpc) is 2.73. The van der Waals surface area contributed by atoms with Gasteiger partial charge in [0, 0.05) is 11.4 Å². The standard InChI is InChI=1S/C22H17Cl2N3O3S/c23-20-10-9-19(14-21(20)24)31(29,30)27-18-7-3-16(4-8-18)13-22(28)26-17-5-1-15(2-6-17)11-12-25/h1-10,14,27H,11,13H2,(H,26,28). The van der Waals surface area contributed by atoms with Crippen LogP contribution in [-0.2, 0) is 27.7 Å². The van der Waals surface area contributed by atoms with Gasteiger partial charge in [0.25, 0.3) is 10.0 Å². The monoisotopic (exact) mass is 473 g/mol. The Kier molecular flexibility index (Phi) is 7.18. The molecule has 0 bridgehead atoms. The molecule has 0 atom stereocenters. The Morgan fingerprint density at radius 2 is 1.48 bits per heavy atom. The molecule has 0 aliphatic rings. The molecule has 0 saturated carbocycles. The van der Waals surface area contributed by atoms with E-state index in [1.807, 2.05) is 0 Å². The lowest BCUT2D eigenvalue weighted by Gasteiger charge is -2.10. The summed E-state index contributed by atoms with van der Waals surface area (Å²) in [7, 11) is -3.83. The molecule has 1 amide bonds. The topological polar surface area (TPSA) is 99.1 Å². The molecule has 0 spiro atoms. The number of nitriles is 1. The summed E-state index contributed by atoms with van der Waals surface area (Å²) in [5.41, 5.74) is 2.58. The van der Waals surface area contributed by atoms with Gasteiger partial charge in [-0.05, 0) is 53.6 Å². The van der Waals surface area contributed by atoms with Gasteiger partial charge in [-0.25, -0.2) is 8.42 Å². The number of carbonyl (C=O) groups is 1. The fourth-order valence-corrected chi connectivity index (χ4v) is 4.18. The number of halogens is 2. The normalized spacial score (nSPS) is 10.9. The summed E-state index contributed by atoms with van der Waals surface area (Å²) in [5.74, 6) is -0.211. The fraction of sp³-hybridized carbons (Fsp3) is 0.0909. The van der Waals surface area contributed by atoms with Crippen LogP contribution in [-0.4, -0.2) is 14.3 Å². The van der Waals surface area contributed by atoms with Crippen molar-refractivity contribution in [3.05, 3.63) is 87.9 Å². The number of rotatable bonds is 7. The second-order valence-corrected chi connectivity index (χ2v) is 9.13. The van der Waals surface area contributed by atoms with E-state index in [1.54, 1.807) is 48.5 Å². The van der Waals surface area contributed by atoms with Gasteiger partial charge < -0.3 is 5.32 Å². The molecule has 0 saturated heterocycles. The predicted molar refractivity (Wildman–Crippen MR) is 122 cm³/mol. The first kappa shape index (κ1) is 22.6. The van der Waals surface area contributed by atoms with Crippen LogP contribution in [0.4, 0.5) is 11.4 Å². The lowest BCUT2D eigenvalue weighted by Crippen LogP contribution is -2.15. The van der Waals surface area contributed by atoms with Gasteiger partial charge in [-0.3, -0.25) is 9.52 Å². The number of benzene rings is 3. The minimum atomic E-state index is -3.83. The summed E-state index contributed by atoms with van der Waals surface area (Å²) in [4.78, 5) is 12.2. The predicted octanol–water partition coefficient (Wildman–Crippen LogP) is 5.04. The summed E-state index contributed by atoms with van der Waals surface area (Å²) in [5, 5.41) is 11.9. The van der Waals surface area contributed by atoms with Crippen LogP contribution in [0.3, 0.4) is 0 Å². The minimum Gasteiger partial charge on any atom is -0.326 e. The third-order valence-electron chi connectivity index (χ3n) is 4.29. The zero-order valence-electron chi connectivity index (χ0n) is 16.1. The van der Waals surface area contributed by atoms with E-state index in [0.29, 0.717) is 17.8 Å². The molecule has 0 fully saturated rings. The molecular weight excluding hydrogens is 457 g/mol. The number of hydrogen-bond acceptors (Lipinski definition) is 4. The van der Waals surface area contributed by atoms with Crippen molar-refractivity contribution in [2.75, 3.05) is 10.0 Å². The molecular formula is C22H17Cl2N3O3S. The van der Waals surface area contributed by atoms with E-state index in [9.17, 15) is 13.2 Å². The van der Waals surface area contributed by atoms with E-state index in [2.05, 4.69) is 16.1 Å². The van der Waals surface area contributed by atoms with Crippen LogP contribution < -0.4 is 10.0 Å². The number of hydrogen-bond donors (Lipinski definition) is 2. The summed E-state index contributed by atoms with van der Waals surface area (Å²) >= 11 is 11.7. The number of carbonyl (C=O) groups excluding carboxylic acids is 1.